The fourth-order valence-corrected chi connectivity index (χ4v) is 1.69. The third kappa shape index (κ3) is 1.69. The van der Waals surface area contributed by atoms with E-state index >= 15 is 0 Å². The number of rotatable bonds is 3. The van der Waals surface area contributed by atoms with Crippen LogP contribution in [0.1, 0.15) is 43.9 Å². The van der Waals surface area contributed by atoms with Crippen molar-refractivity contribution in [2.45, 2.75) is 39.0 Å². The zero-order valence-corrected chi connectivity index (χ0v) is 8.21. The zero-order valence-electron chi connectivity index (χ0n) is 8.21. The highest BCUT2D eigenvalue weighted by Gasteiger charge is 2.26. The summed E-state index contributed by atoms with van der Waals surface area (Å²) in [4.78, 5) is 0. The Hall–Kier alpha value is -0.990. The highest BCUT2D eigenvalue weighted by atomic mass is 16.5. The van der Waals surface area contributed by atoms with Gasteiger partial charge in [0.05, 0.1) is 0 Å². The number of hydrogen-bond donors (Lipinski definition) is 1. The normalized spacial score (nSPS) is 16.8. The summed E-state index contributed by atoms with van der Waals surface area (Å²) in [6.07, 6.45) is 3.69. The summed E-state index contributed by atoms with van der Waals surface area (Å²) >= 11 is 0. The first kappa shape index (κ1) is 8.60. The van der Waals surface area contributed by atoms with Crippen LogP contribution >= 0.6 is 0 Å². The molecule has 0 aliphatic heterocycles. The van der Waals surface area contributed by atoms with Crippen LogP contribution < -0.4 is 5.73 Å². The molecular formula is C10H16N2O. The van der Waals surface area contributed by atoms with Gasteiger partial charge in [0.1, 0.15) is 5.76 Å². The van der Waals surface area contributed by atoms with Crippen LogP contribution in [0.2, 0.25) is 0 Å². The summed E-state index contributed by atoms with van der Waals surface area (Å²) in [5.74, 6) is 2.82. The summed E-state index contributed by atoms with van der Waals surface area (Å²) in [6, 6.07) is 0. The molecule has 2 rings (SSSR count). The molecule has 0 unspecified atom stereocenters. The van der Waals surface area contributed by atoms with Gasteiger partial charge in [-0.3, -0.25) is 0 Å². The number of hydrogen-bond acceptors (Lipinski definition) is 3. The number of nitrogens with zero attached hydrogens (tertiary/aromatic N) is 1. The van der Waals surface area contributed by atoms with Gasteiger partial charge in [0, 0.05) is 12.0 Å². The Morgan fingerprint density at radius 3 is 2.77 bits per heavy atom. The molecule has 0 atom stereocenters. The molecule has 1 aliphatic rings. The van der Waals surface area contributed by atoms with Crippen molar-refractivity contribution in [2.75, 3.05) is 5.73 Å². The van der Waals surface area contributed by atoms with E-state index in [4.69, 9.17) is 10.3 Å². The molecule has 0 saturated heterocycles. The molecule has 1 aliphatic carbocycles. The summed E-state index contributed by atoms with van der Waals surface area (Å²) in [6.45, 7) is 4.25. The monoisotopic (exact) mass is 180 g/mol. The van der Waals surface area contributed by atoms with Crippen LogP contribution in [0, 0.1) is 5.92 Å². The van der Waals surface area contributed by atoms with Gasteiger partial charge in [-0.05, 0) is 24.7 Å². The minimum Gasteiger partial charge on any atom is -0.381 e. The molecule has 0 bridgehead atoms. The van der Waals surface area contributed by atoms with Gasteiger partial charge in [0.15, 0.2) is 5.82 Å². The third-order valence-electron chi connectivity index (χ3n) is 2.58. The molecule has 1 aromatic heterocycles. The molecule has 3 heteroatoms. The summed E-state index contributed by atoms with van der Waals surface area (Å²) < 4.78 is 5.23. The van der Waals surface area contributed by atoms with Crippen LogP contribution in [-0.4, -0.2) is 5.16 Å². The van der Waals surface area contributed by atoms with E-state index in [-0.39, 0.29) is 0 Å². The van der Waals surface area contributed by atoms with Gasteiger partial charge in [-0.25, -0.2) is 0 Å². The fourth-order valence-electron chi connectivity index (χ4n) is 1.69. The SMILES string of the molecule is CC(C)c1c(N)noc1CC1CC1. The van der Waals surface area contributed by atoms with E-state index < -0.39 is 0 Å². The standard InChI is InChI=1S/C10H16N2O/c1-6(2)9-8(5-7-3-4-7)13-12-10(9)11/h6-7H,3-5H2,1-2H3,(H2,11,12). The predicted molar refractivity (Wildman–Crippen MR) is 51.4 cm³/mol. The van der Waals surface area contributed by atoms with E-state index in [1.807, 2.05) is 0 Å². The molecule has 1 aromatic rings. The second kappa shape index (κ2) is 3.05. The van der Waals surface area contributed by atoms with Gasteiger partial charge >= 0.3 is 0 Å². The molecule has 2 N–H and O–H groups in total. The van der Waals surface area contributed by atoms with Crippen molar-refractivity contribution in [1.82, 2.24) is 5.16 Å². The van der Waals surface area contributed by atoms with Crippen LogP contribution in [-0.2, 0) is 6.42 Å². The first-order valence-electron chi connectivity index (χ1n) is 4.92. The molecule has 1 fully saturated rings. The molecular weight excluding hydrogens is 164 g/mol. The molecule has 0 amide bonds. The highest BCUT2D eigenvalue weighted by Crippen LogP contribution is 2.36. The topological polar surface area (TPSA) is 52.0 Å². The lowest BCUT2D eigenvalue weighted by molar-refractivity contribution is 0.378. The highest BCUT2D eigenvalue weighted by molar-refractivity contribution is 5.42. The maximum absolute atomic E-state index is 5.73. The van der Waals surface area contributed by atoms with Crippen LogP contribution in [0.5, 0.6) is 0 Å². The maximum Gasteiger partial charge on any atom is 0.170 e. The average molecular weight is 180 g/mol. The van der Waals surface area contributed by atoms with Crippen molar-refractivity contribution in [1.29, 1.82) is 0 Å². The zero-order chi connectivity index (χ0) is 9.42. The summed E-state index contributed by atoms with van der Waals surface area (Å²) in [7, 11) is 0. The number of nitrogens with two attached hydrogens (primary N) is 1. The second-order valence-electron chi connectivity index (χ2n) is 4.21. The van der Waals surface area contributed by atoms with Gasteiger partial charge in [-0.2, -0.15) is 0 Å². The van der Waals surface area contributed by atoms with Crippen LogP contribution in [0.15, 0.2) is 4.52 Å². The Bertz CT molecular complexity index is 300. The molecule has 1 heterocycles. The number of nitrogen functional groups attached to an aromatic ring is 1. The Balaban J connectivity index is 2.22. The first-order valence-corrected chi connectivity index (χ1v) is 4.92. The Labute approximate surface area is 78.3 Å². The van der Waals surface area contributed by atoms with Gasteiger partial charge in [0.2, 0.25) is 0 Å². The van der Waals surface area contributed by atoms with E-state index in [9.17, 15) is 0 Å². The van der Waals surface area contributed by atoms with Crippen LogP contribution in [0.3, 0.4) is 0 Å². The number of anilines is 1. The van der Waals surface area contributed by atoms with E-state index in [1.165, 1.54) is 12.8 Å². The van der Waals surface area contributed by atoms with Crippen molar-refractivity contribution in [3.05, 3.63) is 11.3 Å². The van der Waals surface area contributed by atoms with E-state index in [0.717, 1.165) is 23.7 Å². The van der Waals surface area contributed by atoms with Gasteiger partial charge in [-0.1, -0.05) is 19.0 Å². The second-order valence-corrected chi connectivity index (χ2v) is 4.21. The van der Waals surface area contributed by atoms with Crippen molar-refractivity contribution in [3.63, 3.8) is 0 Å². The fraction of sp³-hybridized carbons (Fsp3) is 0.700. The van der Waals surface area contributed by atoms with E-state index in [1.54, 1.807) is 0 Å². The average Bonchev–Trinajstić information content (AvgIpc) is 2.76. The lowest BCUT2D eigenvalue weighted by Crippen LogP contribution is -1.97. The predicted octanol–water partition coefficient (Wildman–Crippen LogP) is 2.33. The molecule has 1 saturated carbocycles. The lowest BCUT2D eigenvalue weighted by atomic mass is 10.0. The van der Waals surface area contributed by atoms with Crippen molar-refractivity contribution in [3.8, 4) is 0 Å². The largest absolute Gasteiger partial charge is 0.381 e. The van der Waals surface area contributed by atoms with Gasteiger partial charge in [0.25, 0.3) is 0 Å². The van der Waals surface area contributed by atoms with Crippen LogP contribution in [0.4, 0.5) is 5.82 Å². The minimum absolute atomic E-state index is 0.417. The van der Waals surface area contributed by atoms with E-state index in [0.29, 0.717) is 11.7 Å². The molecule has 0 radical (unpaired) electrons. The molecule has 0 spiro atoms. The van der Waals surface area contributed by atoms with Crippen molar-refractivity contribution < 1.29 is 4.52 Å². The summed E-state index contributed by atoms with van der Waals surface area (Å²) in [5.41, 5.74) is 6.85. The lowest BCUT2D eigenvalue weighted by Gasteiger charge is -2.03. The van der Waals surface area contributed by atoms with Gasteiger partial charge < -0.3 is 10.3 Å². The first-order chi connectivity index (χ1) is 6.18. The van der Waals surface area contributed by atoms with E-state index in [2.05, 4.69) is 19.0 Å². The third-order valence-corrected chi connectivity index (χ3v) is 2.58. The maximum atomic E-state index is 5.73. The molecule has 3 nitrogen and oxygen atoms in total. The van der Waals surface area contributed by atoms with Crippen molar-refractivity contribution >= 4 is 5.82 Å². The Kier molecular flexibility index (Phi) is 2.02. The smallest absolute Gasteiger partial charge is 0.170 e. The number of aromatic nitrogens is 1. The molecule has 0 aromatic carbocycles. The Morgan fingerprint density at radius 2 is 2.23 bits per heavy atom. The van der Waals surface area contributed by atoms with Crippen LogP contribution in [0.25, 0.3) is 0 Å². The minimum atomic E-state index is 0.417. The van der Waals surface area contributed by atoms with Gasteiger partial charge in [-0.15, -0.1) is 0 Å². The quantitative estimate of drug-likeness (QED) is 0.776. The molecule has 13 heavy (non-hydrogen) atoms. The Morgan fingerprint density at radius 1 is 1.54 bits per heavy atom. The molecule has 72 valence electrons. The van der Waals surface area contributed by atoms with Crippen molar-refractivity contribution in [2.24, 2.45) is 5.92 Å². The summed E-state index contributed by atoms with van der Waals surface area (Å²) in [5, 5.41) is 3.82.